The van der Waals surface area contributed by atoms with E-state index in [1.807, 2.05) is 0 Å². The van der Waals surface area contributed by atoms with Crippen molar-refractivity contribution >= 4 is 24.8 Å². The van der Waals surface area contributed by atoms with E-state index in [9.17, 15) is 19.0 Å². The highest BCUT2D eigenvalue weighted by atomic mass is 31.2. The summed E-state index contributed by atoms with van der Waals surface area (Å²) in [5.41, 5.74) is -0.445. The van der Waals surface area contributed by atoms with Crippen LogP contribution in [0.5, 0.6) is 0 Å². The van der Waals surface area contributed by atoms with Gasteiger partial charge < -0.3 is 19.3 Å². The first-order valence-corrected chi connectivity index (χ1v) is 6.26. The number of carbonyl (C=O) groups excluding carboxylic acids is 1. The Labute approximate surface area is 102 Å². The monoisotopic (exact) mass is 274 g/mol. The number of carboxylic acid groups (broad SMARTS) is 1. The van der Waals surface area contributed by atoms with Crippen LogP contribution in [0.25, 0.3) is 0 Å². The number of carbonyl (C=O) groups is 2. The van der Waals surface area contributed by atoms with Gasteiger partial charge in [-0.2, -0.15) is 0 Å². The SMILES string of the molecule is COC(=O)c1ccc(C(=O)O)cc1P(=O)(O)OC. The predicted molar refractivity (Wildman–Crippen MR) is 61.2 cm³/mol. The molecule has 1 unspecified atom stereocenters. The highest BCUT2D eigenvalue weighted by molar-refractivity contribution is 7.61. The normalized spacial score (nSPS) is 13.7. The van der Waals surface area contributed by atoms with E-state index in [0.717, 1.165) is 32.4 Å². The van der Waals surface area contributed by atoms with Crippen LogP contribution in [0.4, 0.5) is 0 Å². The molecule has 0 radical (unpaired) electrons. The van der Waals surface area contributed by atoms with Gasteiger partial charge in [0, 0.05) is 7.11 Å². The van der Waals surface area contributed by atoms with Crippen molar-refractivity contribution in [1.29, 1.82) is 0 Å². The van der Waals surface area contributed by atoms with Crippen LogP contribution >= 0.6 is 7.60 Å². The third-order valence-electron chi connectivity index (χ3n) is 2.20. The van der Waals surface area contributed by atoms with E-state index in [1.54, 1.807) is 0 Å². The number of aromatic carboxylic acids is 1. The first-order chi connectivity index (χ1) is 8.33. The average Bonchev–Trinajstić information content (AvgIpc) is 2.36. The van der Waals surface area contributed by atoms with E-state index in [0.29, 0.717) is 0 Å². The van der Waals surface area contributed by atoms with Crippen molar-refractivity contribution in [2.45, 2.75) is 0 Å². The van der Waals surface area contributed by atoms with Gasteiger partial charge in [-0.3, -0.25) is 4.57 Å². The van der Waals surface area contributed by atoms with Gasteiger partial charge >= 0.3 is 19.5 Å². The van der Waals surface area contributed by atoms with Crippen molar-refractivity contribution in [3.63, 3.8) is 0 Å². The number of ether oxygens (including phenoxy) is 1. The Morgan fingerprint density at radius 2 is 1.89 bits per heavy atom. The summed E-state index contributed by atoms with van der Waals surface area (Å²) in [5, 5.41) is 8.40. The molecular formula is C10H11O7P. The van der Waals surface area contributed by atoms with Crippen LogP contribution in [0.2, 0.25) is 0 Å². The van der Waals surface area contributed by atoms with Crippen LogP contribution in [0, 0.1) is 0 Å². The summed E-state index contributed by atoms with van der Waals surface area (Å²) < 4.78 is 20.6. The van der Waals surface area contributed by atoms with Crippen molar-refractivity contribution in [3.05, 3.63) is 29.3 Å². The third kappa shape index (κ3) is 2.76. The van der Waals surface area contributed by atoms with Crippen LogP contribution in [-0.4, -0.2) is 36.2 Å². The lowest BCUT2D eigenvalue weighted by Crippen LogP contribution is -2.19. The van der Waals surface area contributed by atoms with Crippen molar-refractivity contribution in [3.8, 4) is 0 Å². The molecule has 0 bridgehead atoms. The molecule has 98 valence electrons. The molecule has 0 aliphatic carbocycles. The number of hydrogen-bond acceptors (Lipinski definition) is 5. The molecule has 2 N–H and O–H groups in total. The predicted octanol–water partition coefficient (Wildman–Crippen LogP) is 0.628. The lowest BCUT2D eigenvalue weighted by atomic mass is 10.1. The van der Waals surface area contributed by atoms with Crippen molar-refractivity contribution in [2.75, 3.05) is 14.2 Å². The molecule has 0 amide bonds. The second-order valence-corrected chi connectivity index (χ2v) is 5.12. The highest BCUT2D eigenvalue weighted by Gasteiger charge is 2.29. The van der Waals surface area contributed by atoms with Gasteiger partial charge in [0.2, 0.25) is 0 Å². The number of hydrogen-bond donors (Lipinski definition) is 2. The fraction of sp³-hybridized carbons (Fsp3) is 0.200. The Bertz CT molecular complexity index is 537. The first kappa shape index (κ1) is 14.4. The van der Waals surface area contributed by atoms with E-state index in [-0.39, 0.29) is 11.1 Å². The summed E-state index contributed by atoms with van der Waals surface area (Å²) in [5.74, 6) is -2.14. The van der Waals surface area contributed by atoms with E-state index in [2.05, 4.69) is 9.26 Å². The zero-order chi connectivity index (χ0) is 13.9. The maximum absolute atomic E-state index is 11.7. The van der Waals surface area contributed by atoms with Gasteiger partial charge in [-0.25, -0.2) is 9.59 Å². The fourth-order valence-electron chi connectivity index (χ4n) is 1.28. The van der Waals surface area contributed by atoms with Crippen LogP contribution < -0.4 is 5.30 Å². The Morgan fingerprint density at radius 3 is 2.33 bits per heavy atom. The minimum Gasteiger partial charge on any atom is -0.478 e. The summed E-state index contributed by atoms with van der Waals surface area (Å²) >= 11 is 0. The molecule has 0 spiro atoms. The molecule has 1 atom stereocenters. The van der Waals surface area contributed by atoms with E-state index < -0.39 is 24.8 Å². The molecule has 1 aromatic rings. The lowest BCUT2D eigenvalue weighted by molar-refractivity contribution is 0.0599. The standard InChI is InChI=1S/C10H11O7P/c1-16-10(13)7-4-3-6(9(11)12)5-8(7)18(14,15)17-2/h3-5H,1-2H3,(H,11,12)(H,14,15). The molecular weight excluding hydrogens is 263 g/mol. The summed E-state index contributed by atoms with van der Waals surface area (Å²) in [4.78, 5) is 31.8. The molecule has 0 aliphatic heterocycles. The van der Waals surface area contributed by atoms with E-state index in [4.69, 9.17) is 5.11 Å². The molecule has 8 heteroatoms. The van der Waals surface area contributed by atoms with Gasteiger partial charge in [-0.05, 0) is 18.2 Å². The van der Waals surface area contributed by atoms with Gasteiger partial charge in [-0.1, -0.05) is 0 Å². The summed E-state index contributed by atoms with van der Waals surface area (Å²) in [7, 11) is -2.18. The largest absolute Gasteiger partial charge is 0.478 e. The molecule has 0 fully saturated rings. The number of rotatable bonds is 4. The highest BCUT2D eigenvalue weighted by Crippen LogP contribution is 2.40. The Balaban J connectivity index is 3.50. The molecule has 0 aliphatic rings. The third-order valence-corrected chi connectivity index (χ3v) is 3.68. The lowest BCUT2D eigenvalue weighted by Gasteiger charge is -2.13. The number of methoxy groups -OCH3 is 1. The zero-order valence-electron chi connectivity index (χ0n) is 9.61. The number of benzene rings is 1. The average molecular weight is 274 g/mol. The molecule has 1 rings (SSSR count). The first-order valence-electron chi connectivity index (χ1n) is 4.68. The van der Waals surface area contributed by atoms with Crippen LogP contribution in [0.1, 0.15) is 20.7 Å². The molecule has 0 aromatic heterocycles. The minimum atomic E-state index is -4.26. The summed E-state index contributed by atoms with van der Waals surface area (Å²) in [6, 6.07) is 3.15. The van der Waals surface area contributed by atoms with Gasteiger partial charge in [0.1, 0.15) is 0 Å². The van der Waals surface area contributed by atoms with Crippen molar-refractivity contribution in [2.24, 2.45) is 0 Å². The van der Waals surface area contributed by atoms with Crippen molar-refractivity contribution in [1.82, 2.24) is 0 Å². The second-order valence-electron chi connectivity index (χ2n) is 3.23. The molecule has 0 saturated carbocycles. The topological polar surface area (TPSA) is 110 Å². The quantitative estimate of drug-likeness (QED) is 0.611. The Hall–Kier alpha value is -1.69. The molecule has 0 heterocycles. The minimum absolute atomic E-state index is 0.213. The second kappa shape index (κ2) is 5.30. The zero-order valence-corrected chi connectivity index (χ0v) is 10.5. The molecule has 18 heavy (non-hydrogen) atoms. The maximum atomic E-state index is 11.7. The van der Waals surface area contributed by atoms with E-state index in [1.165, 1.54) is 0 Å². The number of esters is 1. The van der Waals surface area contributed by atoms with Crippen molar-refractivity contribution < 1.29 is 33.4 Å². The molecule has 0 saturated heterocycles. The fourth-order valence-corrected chi connectivity index (χ4v) is 2.25. The Kier molecular flexibility index (Phi) is 4.24. The smallest absolute Gasteiger partial charge is 0.359 e. The maximum Gasteiger partial charge on any atom is 0.359 e. The summed E-state index contributed by atoms with van der Waals surface area (Å²) in [6.45, 7) is 0. The van der Waals surface area contributed by atoms with Crippen LogP contribution in [0.15, 0.2) is 18.2 Å². The van der Waals surface area contributed by atoms with Gasteiger partial charge in [0.25, 0.3) is 0 Å². The van der Waals surface area contributed by atoms with E-state index >= 15 is 0 Å². The molecule has 7 nitrogen and oxygen atoms in total. The van der Waals surface area contributed by atoms with Gasteiger partial charge in [-0.15, -0.1) is 0 Å². The van der Waals surface area contributed by atoms with Crippen LogP contribution in [0.3, 0.4) is 0 Å². The molecule has 1 aromatic carbocycles. The summed E-state index contributed by atoms with van der Waals surface area (Å²) in [6.07, 6.45) is 0. The van der Waals surface area contributed by atoms with Gasteiger partial charge in [0.15, 0.2) is 0 Å². The Morgan fingerprint density at radius 1 is 1.28 bits per heavy atom. The number of carboxylic acids is 1. The van der Waals surface area contributed by atoms with Gasteiger partial charge in [0.05, 0.1) is 23.5 Å². The van der Waals surface area contributed by atoms with Crippen LogP contribution in [-0.2, 0) is 13.8 Å².